The monoisotopic (exact) mass is 777 g/mol. The van der Waals surface area contributed by atoms with E-state index in [9.17, 15) is 0 Å². The molecule has 0 aliphatic carbocycles. The molecule has 0 saturated heterocycles. The van der Waals surface area contributed by atoms with Gasteiger partial charge in [0.25, 0.3) is 0 Å². The largest absolute Gasteiger partial charge is 0.309 e. The SMILES string of the molecule is Cc1cc(C)cc(N(c2ccccc2)c2c3ccccc3c(-c3ccc(-c4c5ccccc5c(-c5ccccc5)c5cc(-c6ccccc6)ccc45)cc3)c3ccccc23)c1. The summed E-state index contributed by atoms with van der Waals surface area (Å²) in [6.07, 6.45) is 0. The fraction of sp³-hybridized carbons (Fsp3) is 0.0333. The number of aryl methyl sites for hydroxylation is 2. The van der Waals surface area contributed by atoms with Gasteiger partial charge in [0.2, 0.25) is 0 Å². The average molecular weight is 778 g/mol. The lowest BCUT2D eigenvalue weighted by Crippen LogP contribution is -2.12. The number of nitrogens with zero attached hydrogens (tertiary/aromatic N) is 1. The first-order valence-electron chi connectivity index (χ1n) is 21.2. The predicted molar refractivity (Wildman–Crippen MR) is 262 cm³/mol. The molecule has 0 bridgehead atoms. The van der Waals surface area contributed by atoms with Gasteiger partial charge >= 0.3 is 0 Å². The number of fused-ring (bicyclic) bond motifs is 4. The van der Waals surface area contributed by atoms with Crippen LogP contribution in [-0.2, 0) is 0 Å². The quantitative estimate of drug-likeness (QED) is 0.146. The number of benzene rings is 11. The molecule has 0 saturated carbocycles. The zero-order valence-electron chi connectivity index (χ0n) is 34.3. The van der Waals surface area contributed by atoms with Crippen LogP contribution < -0.4 is 4.90 Å². The molecule has 0 aromatic heterocycles. The maximum atomic E-state index is 2.45. The second-order valence-corrected chi connectivity index (χ2v) is 16.2. The van der Waals surface area contributed by atoms with Gasteiger partial charge in [-0.1, -0.05) is 194 Å². The van der Waals surface area contributed by atoms with Crippen LogP contribution in [0.4, 0.5) is 17.1 Å². The Hall–Kier alpha value is -7.74. The number of rotatable bonds is 7. The Balaban J connectivity index is 1.13. The molecule has 0 spiro atoms. The minimum Gasteiger partial charge on any atom is -0.309 e. The van der Waals surface area contributed by atoms with Crippen molar-refractivity contribution < 1.29 is 0 Å². The maximum Gasteiger partial charge on any atom is 0.0618 e. The van der Waals surface area contributed by atoms with Crippen molar-refractivity contribution >= 4 is 60.2 Å². The van der Waals surface area contributed by atoms with Gasteiger partial charge in [-0.3, -0.25) is 0 Å². The zero-order chi connectivity index (χ0) is 40.9. The molecule has 0 amide bonds. The van der Waals surface area contributed by atoms with Crippen LogP contribution in [0.5, 0.6) is 0 Å². The molecule has 11 rings (SSSR count). The minimum absolute atomic E-state index is 1.13. The van der Waals surface area contributed by atoms with Gasteiger partial charge in [0.1, 0.15) is 0 Å². The molecule has 0 unspecified atom stereocenters. The van der Waals surface area contributed by atoms with Gasteiger partial charge in [-0.25, -0.2) is 0 Å². The van der Waals surface area contributed by atoms with E-state index >= 15 is 0 Å². The molecule has 0 aliphatic heterocycles. The summed E-state index contributed by atoms with van der Waals surface area (Å²) in [5.74, 6) is 0. The highest BCUT2D eigenvalue weighted by Gasteiger charge is 2.23. The topological polar surface area (TPSA) is 3.24 Å². The van der Waals surface area contributed by atoms with Gasteiger partial charge in [0, 0.05) is 22.1 Å². The molecule has 1 nitrogen and oxygen atoms in total. The summed E-state index contributed by atoms with van der Waals surface area (Å²) in [6, 6.07) is 82.5. The molecule has 1 heteroatoms. The smallest absolute Gasteiger partial charge is 0.0618 e. The molecule has 11 aromatic carbocycles. The second-order valence-electron chi connectivity index (χ2n) is 16.2. The van der Waals surface area contributed by atoms with Crippen LogP contribution in [0.25, 0.3) is 87.6 Å². The van der Waals surface area contributed by atoms with Crippen molar-refractivity contribution in [2.24, 2.45) is 0 Å². The van der Waals surface area contributed by atoms with Gasteiger partial charge < -0.3 is 4.90 Å². The molecule has 61 heavy (non-hydrogen) atoms. The molecular weight excluding hydrogens is 735 g/mol. The van der Waals surface area contributed by atoms with Crippen LogP contribution in [0.1, 0.15) is 11.1 Å². The number of hydrogen-bond acceptors (Lipinski definition) is 1. The van der Waals surface area contributed by atoms with Crippen LogP contribution in [0.15, 0.2) is 224 Å². The minimum atomic E-state index is 1.13. The van der Waals surface area contributed by atoms with E-state index < -0.39 is 0 Å². The van der Waals surface area contributed by atoms with E-state index in [-0.39, 0.29) is 0 Å². The van der Waals surface area contributed by atoms with Crippen LogP contribution in [0.2, 0.25) is 0 Å². The summed E-state index contributed by atoms with van der Waals surface area (Å²) in [7, 11) is 0. The average Bonchev–Trinajstić information content (AvgIpc) is 3.31. The van der Waals surface area contributed by atoms with E-state index in [1.54, 1.807) is 0 Å². The molecule has 288 valence electrons. The van der Waals surface area contributed by atoms with E-state index in [1.165, 1.54) is 104 Å². The lowest BCUT2D eigenvalue weighted by molar-refractivity contribution is 1.27. The van der Waals surface area contributed by atoms with Crippen molar-refractivity contribution in [2.75, 3.05) is 4.90 Å². The molecule has 0 aliphatic rings. The fourth-order valence-corrected chi connectivity index (χ4v) is 9.74. The Labute approximate surface area is 357 Å². The highest BCUT2D eigenvalue weighted by Crippen LogP contribution is 2.49. The highest BCUT2D eigenvalue weighted by atomic mass is 15.1. The van der Waals surface area contributed by atoms with Gasteiger partial charge in [0.15, 0.2) is 0 Å². The van der Waals surface area contributed by atoms with Crippen molar-refractivity contribution in [3.8, 4) is 44.5 Å². The van der Waals surface area contributed by atoms with Crippen molar-refractivity contribution in [3.63, 3.8) is 0 Å². The van der Waals surface area contributed by atoms with Crippen LogP contribution >= 0.6 is 0 Å². The van der Waals surface area contributed by atoms with Crippen molar-refractivity contribution in [2.45, 2.75) is 13.8 Å². The van der Waals surface area contributed by atoms with Crippen molar-refractivity contribution in [1.29, 1.82) is 0 Å². The van der Waals surface area contributed by atoms with Crippen molar-refractivity contribution in [1.82, 2.24) is 0 Å². The van der Waals surface area contributed by atoms with Gasteiger partial charge in [-0.2, -0.15) is 0 Å². The predicted octanol–water partition coefficient (Wildman–Crippen LogP) is 17.1. The Kier molecular flexibility index (Phi) is 9.02. The van der Waals surface area contributed by atoms with Crippen molar-refractivity contribution in [3.05, 3.63) is 236 Å². The zero-order valence-corrected chi connectivity index (χ0v) is 34.3. The molecular formula is C60H43N. The first-order valence-corrected chi connectivity index (χ1v) is 21.2. The third-order valence-corrected chi connectivity index (χ3v) is 12.3. The highest BCUT2D eigenvalue weighted by molar-refractivity contribution is 6.24. The summed E-state index contributed by atoms with van der Waals surface area (Å²) in [5.41, 5.74) is 15.8. The van der Waals surface area contributed by atoms with E-state index in [0.717, 1.165) is 11.4 Å². The molecule has 11 aromatic rings. The first kappa shape index (κ1) is 36.3. The Bertz CT molecular complexity index is 3330. The summed E-state index contributed by atoms with van der Waals surface area (Å²) >= 11 is 0. The van der Waals surface area contributed by atoms with Crippen LogP contribution in [0, 0.1) is 13.8 Å². The third-order valence-electron chi connectivity index (χ3n) is 12.3. The summed E-state index contributed by atoms with van der Waals surface area (Å²) < 4.78 is 0. The maximum absolute atomic E-state index is 2.45. The Morgan fingerprint density at radius 3 is 1.11 bits per heavy atom. The molecule has 0 atom stereocenters. The van der Waals surface area contributed by atoms with Gasteiger partial charge in [-0.15, -0.1) is 0 Å². The lowest BCUT2D eigenvalue weighted by atomic mass is 9.84. The Morgan fingerprint density at radius 2 is 0.607 bits per heavy atom. The number of para-hydroxylation sites is 1. The van der Waals surface area contributed by atoms with E-state index in [1.807, 2.05) is 0 Å². The van der Waals surface area contributed by atoms with E-state index in [2.05, 4.69) is 243 Å². The molecule has 0 radical (unpaired) electrons. The van der Waals surface area contributed by atoms with Gasteiger partial charge in [0.05, 0.1) is 5.69 Å². The number of anilines is 3. The fourth-order valence-electron chi connectivity index (χ4n) is 9.74. The number of hydrogen-bond donors (Lipinski definition) is 0. The molecule has 0 N–H and O–H groups in total. The normalized spacial score (nSPS) is 11.4. The summed E-state index contributed by atoms with van der Waals surface area (Å²) in [4.78, 5) is 2.45. The third kappa shape index (κ3) is 6.34. The standard InChI is InChI=1S/C60H43N/c1-40-36-41(2)38-48(37-40)61(47-22-10-5-11-23-47)60-54-28-16-14-26-51(54)58(52-27-15-17-29-55(52)60)45-32-30-44(31-33-45)57-49-24-12-13-25-50(49)59(43-20-8-4-9-21-43)56-39-46(34-35-53(56)57)42-18-6-3-7-19-42/h3-39H,1-2H3. The van der Waals surface area contributed by atoms with Crippen LogP contribution in [0.3, 0.4) is 0 Å². The first-order chi connectivity index (χ1) is 30.1. The lowest BCUT2D eigenvalue weighted by Gasteiger charge is -2.30. The van der Waals surface area contributed by atoms with Gasteiger partial charge in [-0.05, 0) is 132 Å². The molecule has 0 heterocycles. The Morgan fingerprint density at radius 1 is 0.246 bits per heavy atom. The molecule has 0 fully saturated rings. The van der Waals surface area contributed by atoms with Crippen LogP contribution in [-0.4, -0.2) is 0 Å². The summed E-state index contributed by atoms with van der Waals surface area (Å²) in [6.45, 7) is 4.38. The second kappa shape index (κ2) is 15.1. The summed E-state index contributed by atoms with van der Waals surface area (Å²) in [5, 5.41) is 9.89. The van der Waals surface area contributed by atoms with E-state index in [4.69, 9.17) is 0 Å². The van der Waals surface area contributed by atoms with E-state index in [0.29, 0.717) is 0 Å².